The molecule has 1 unspecified atom stereocenters. The molecule has 0 aliphatic carbocycles. The molecule has 19 heavy (non-hydrogen) atoms. The SMILES string of the molecule is Cc1ccccc1C(CC(=O)O)CC(=O)NC(C)C. The van der Waals surface area contributed by atoms with Gasteiger partial charge in [-0.3, -0.25) is 9.59 Å². The second-order valence-electron chi connectivity index (χ2n) is 5.08. The zero-order valence-corrected chi connectivity index (χ0v) is 11.6. The van der Waals surface area contributed by atoms with E-state index in [1.54, 1.807) is 0 Å². The average molecular weight is 263 g/mol. The maximum atomic E-state index is 11.8. The molecule has 0 radical (unpaired) electrons. The molecule has 0 bridgehead atoms. The molecule has 0 fully saturated rings. The first kappa shape index (κ1) is 15.2. The van der Waals surface area contributed by atoms with Gasteiger partial charge in [0, 0.05) is 18.4 Å². The van der Waals surface area contributed by atoms with Gasteiger partial charge < -0.3 is 10.4 Å². The Kier molecular flexibility index (Phi) is 5.55. The van der Waals surface area contributed by atoms with Crippen molar-refractivity contribution in [3.05, 3.63) is 35.4 Å². The molecule has 4 heteroatoms. The zero-order valence-electron chi connectivity index (χ0n) is 11.6. The van der Waals surface area contributed by atoms with Crippen molar-refractivity contribution in [2.45, 2.75) is 45.6 Å². The molecule has 1 atom stereocenters. The number of carbonyl (C=O) groups is 2. The van der Waals surface area contributed by atoms with Crippen molar-refractivity contribution < 1.29 is 14.7 Å². The molecule has 4 nitrogen and oxygen atoms in total. The summed E-state index contributed by atoms with van der Waals surface area (Å²) >= 11 is 0. The van der Waals surface area contributed by atoms with Crippen LogP contribution in [0.5, 0.6) is 0 Å². The van der Waals surface area contributed by atoms with Gasteiger partial charge in [-0.1, -0.05) is 24.3 Å². The second-order valence-corrected chi connectivity index (χ2v) is 5.08. The molecule has 104 valence electrons. The van der Waals surface area contributed by atoms with Gasteiger partial charge in [0.05, 0.1) is 6.42 Å². The number of carboxylic acids is 1. The van der Waals surface area contributed by atoms with Crippen LogP contribution in [-0.4, -0.2) is 23.0 Å². The van der Waals surface area contributed by atoms with Crippen LogP contribution < -0.4 is 5.32 Å². The molecule has 0 aliphatic rings. The van der Waals surface area contributed by atoms with Crippen molar-refractivity contribution in [1.82, 2.24) is 5.32 Å². The second kappa shape index (κ2) is 6.92. The Balaban J connectivity index is 2.86. The molecule has 0 heterocycles. The molecule has 1 amide bonds. The predicted molar refractivity (Wildman–Crippen MR) is 74.1 cm³/mol. The van der Waals surface area contributed by atoms with Crippen molar-refractivity contribution in [3.63, 3.8) is 0 Å². The van der Waals surface area contributed by atoms with E-state index < -0.39 is 5.97 Å². The van der Waals surface area contributed by atoms with E-state index >= 15 is 0 Å². The van der Waals surface area contributed by atoms with Gasteiger partial charge in [-0.15, -0.1) is 0 Å². The summed E-state index contributed by atoms with van der Waals surface area (Å²) in [6, 6.07) is 7.67. The Morgan fingerprint density at radius 2 is 1.84 bits per heavy atom. The average Bonchev–Trinajstić information content (AvgIpc) is 2.26. The highest BCUT2D eigenvalue weighted by atomic mass is 16.4. The van der Waals surface area contributed by atoms with E-state index in [-0.39, 0.29) is 30.7 Å². The number of amides is 1. The van der Waals surface area contributed by atoms with Crippen molar-refractivity contribution in [3.8, 4) is 0 Å². The highest BCUT2D eigenvalue weighted by molar-refractivity contribution is 5.78. The lowest BCUT2D eigenvalue weighted by Crippen LogP contribution is -2.31. The first-order valence-electron chi connectivity index (χ1n) is 6.46. The number of benzene rings is 1. The quantitative estimate of drug-likeness (QED) is 0.828. The number of rotatable bonds is 6. The van der Waals surface area contributed by atoms with E-state index in [0.717, 1.165) is 11.1 Å². The summed E-state index contributed by atoms with van der Waals surface area (Å²) in [5.74, 6) is -1.27. The van der Waals surface area contributed by atoms with Crippen molar-refractivity contribution in [2.75, 3.05) is 0 Å². The van der Waals surface area contributed by atoms with Gasteiger partial charge in [0.15, 0.2) is 0 Å². The van der Waals surface area contributed by atoms with Gasteiger partial charge in [-0.2, -0.15) is 0 Å². The standard InChI is InChI=1S/C15H21NO3/c1-10(2)16-14(17)8-12(9-15(18)19)13-7-5-4-6-11(13)3/h4-7,10,12H,8-9H2,1-3H3,(H,16,17)(H,18,19). The van der Waals surface area contributed by atoms with Crippen molar-refractivity contribution in [1.29, 1.82) is 0 Å². The Hall–Kier alpha value is -1.84. The topological polar surface area (TPSA) is 66.4 Å². The molecule has 1 aromatic rings. The minimum Gasteiger partial charge on any atom is -0.481 e. The molecule has 0 aliphatic heterocycles. The number of aryl methyl sites for hydroxylation is 1. The summed E-state index contributed by atoms with van der Waals surface area (Å²) in [4.78, 5) is 22.8. The number of hydrogen-bond acceptors (Lipinski definition) is 2. The molecule has 0 saturated carbocycles. The van der Waals surface area contributed by atoms with Crippen LogP contribution in [0, 0.1) is 6.92 Å². The highest BCUT2D eigenvalue weighted by Gasteiger charge is 2.20. The number of aliphatic carboxylic acids is 1. The van der Waals surface area contributed by atoms with Gasteiger partial charge in [0.2, 0.25) is 5.91 Å². The molecule has 2 N–H and O–H groups in total. The minimum absolute atomic E-state index is 0.0314. The Labute approximate surface area is 113 Å². The first-order valence-corrected chi connectivity index (χ1v) is 6.46. The van der Waals surface area contributed by atoms with E-state index in [0.29, 0.717) is 0 Å². The normalized spacial score (nSPS) is 12.2. The fourth-order valence-electron chi connectivity index (χ4n) is 2.15. The number of hydrogen-bond donors (Lipinski definition) is 2. The minimum atomic E-state index is -0.884. The summed E-state index contributed by atoms with van der Waals surface area (Å²) < 4.78 is 0. The van der Waals surface area contributed by atoms with Crippen LogP contribution in [0.1, 0.15) is 43.7 Å². The predicted octanol–water partition coefficient (Wildman–Crippen LogP) is 2.47. The van der Waals surface area contributed by atoms with Crippen LogP contribution in [-0.2, 0) is 9.59 Å². The molecule has 1 aromatic carbocycles. The summed E-state index contributed by atoms with van der Waals surface area (Å²) in [6.07, 6.45) is 0.172. The van der Waals surface area contributed by atoms with Gasteiger partial charge in [0.25, 0.3) is 0 Å². The van der Waals surface area contributed by atoms with E-state index in [1.807, 2.05) is 45.0 Å². The van der Waals surface area contributed by atoms with Crippen LogP contribution in [0.15, 0.2) is 24.3 Å². The molecule has 0 saturated heterocycles. The van der Waals surface area contributed by atoms with E-state index in [9.17, 15) is 9.59 Å². The lowest BCUT2D eigenvalue weighted by molar-refractivity contribution is -0.137. The van der Waals surface area contributed by atoms with Gasteiger partial charge in [0.1, 0.15) is 0 Å². The van der Waals surface area contributed by atoms with Gasteiger partial charge in [-0.05, 0) is 31.9 Å². The smallest absolute Gasteiger partial charge is 0.303 e. The summed E-state index contributed by atoms with van der Waals surface area (Å²) in [7, 11) is 0. The van der Waals surface area contributed by atoms with Crippen LogP contribution in [0.2, 0.25) is 0 Å². The maximum Gasteiger partial charge on any atom is 0.303 e. The first-order chi connectivity index (χ1) is 8.90. The number of nitrogens with one attached hydrogen (secondary N) is 1. The van der Waals surface area contributed by atoms with Crippen LogP contribution in [0.4, 0.5) is 0 Å². The largest absolute Gasteiger partial charge is 0.481 e. The lowest BCUT2D eigenvalue weighted by atomic mass is 9.89. The maximum absolute atomic E-state index is 11.8. The summed E-state index contributed by atoms with van der Waals surface area (Å²) in [5, 5.41) is 11.8. The summed E-state index contributed by atoms with van der Waals surface area (Å²) in [6.45, 7) is 5.71. The van der Waals surface area contributed by atoms with E-state index in [1.165, 1.54) is 0 Å². The third kappa shape index (κ3) is 5.12. The highest BCUT2D eigenvalue weighted by Crippen LogP contribution is 2.26. The third-order valence-corrected chi connectivity index (χ3v) is 2.93. The molecular weight excluding hydrogens is 242 g/mol. The lowest BCUT2D eigenvalue weighted by Gasteiger charge is -2.18. The number of carbonyl (C=O) groups excluding carboxylic acids is 1. The number of carboxylic acid groups (broad SMARTS) is 1. The fraction of sp³-hybridized carbons (Fsp3) is 0.467. The third-order valence-electron chi connectivity index (χ3n) is 2.93. The zero-order chi connectivity index (χ0) is 14.4. The molecule has 0 aromatic heterocycles. The van der Waals surface area contributed by atoms with Gasteiger partial charge >= 0.3 is 5.97 Å². The molecule has 0 spiro atoms. The van der Waals surface area contributed by atoms with Crippen LogP contribution in [0.25, 0.3) is 0 Å². The molecule has 1 rings (SSSR count). The summed E-state index contributed by atoms with van der Waals surface area (Å²) in [5.41, 5.74) is 1.95. The van der Waals surface area contributed by atoms with Gasteiger partial charge in [-0.25, -0.2) is 0 Å². The fourth-order valence-corrected chi connectivity index (χ4v) is 2.15. The van der Waals surface area contributed by atoms with Crippen LogP contribution >= 0.6 is 0 Å². The molecular formula is C15H21NO3. The van der Waals surface area contributed by atoms with Crippen LogP contribution in [0.3, 0.4) is 0 Å². The van der Waals surface area contributed by atoms with Crippen molar-refractivity contribution >= 4 is 11.9 Å². The van der Waals surface area contributed by atoms with E-state index in [2.05, 4.69) is 5.32 Å². The van der Waals surface area contributed by atoms with E-state index in [4.69, 9.17) is 5.11 Å². The Morgan fingerprint density at radius 3 is 2.37 bits per heavy atom. The Bertz CT molecular complexity index is 454. The monoisotopic (exact) mass is 263 g/mol. The van der Waals surface area contributed by atoms with Crippen molar-refractivity contribution in [2.24, 2.45) is 0 Å². The Morgan fingerprint density at radius 1 is 1.21 bits per heavy atom.